The molecule has 0 saturated heterocycles. The molecule has 1 aromatic heterocycles. The number of hydrogen-bond acceptors (Lipinski definition) is 5. The first kappa shape index (κ1) is 15.9. The van der Waals surface area contributed by atoms with Crippen LogP contribution in [-0.2, 0) is 0 Å². The lowest BCUT2D eigenvalue weighted by Gasteiger charge is -2.12. The van der Waals surface area contributed by atoms with Crippen molar-refractivity contribution >= 4 is 11.0 Å². The number of rotatable bonds is 4. The van der Waals surface area contributed by atoms with Gasteiger partial charge in [-0.05, 0) is 24.6 Å². The van der Waals surface area contributed by atoms with Gasteiger partial charge >= 0.3 is 0 Å². The van der Waals surface area contributed by atoms with Gasteiger partial charge in [0, 0.05) is 11.6 Å². The molecule has 1 heterocycles. The molecule has 0 bridgehead atoms. The van der Waals surface area contributed by atoms with Crippen LogP contribution in [0, 0.1) is 6.92 Å². The second-order valence-corrected chi connectivity index (χ2v) is 5.32. The van der Waals surface area contributed by atoms with E-state index in [1.54, 1.807) is 32.4 Å². The predicted octanol–water partition coefficient (Wildman–Crippen LogP) is 3.79. The van der Waals surface area contributed by atoms with Crippen molar-refractivity contribution in [2.75, 3.05) is 21.3 Å². The minimum atomic E-state index is -0.149. The van der Waals surface area contributed by atoms with E-state index >= 15 is 0 Å². The van der Waals surface area contributed by atoms with Gasteiger partial charge in [-0.1, -0.05) is 12.1 Å². The topological polar surface area (TPSA) is 57.9 Å². The maximum absolute atomic E-state index is 13.0. The van der Waals surface area contributed by atoms with E-state index in [-0.39, 0.29) is 5.43 Å². The van der Waals surface area contributed by atoms with Gasteiger partial charge in [0.05, 0.1) is 26.9 Å². The summed E-state index contributed by atoms with van der Waals surface area (Å²) in [5.74, 6) is 1.76. The van der Waals surface area contributed by atoms with Crippen LogP contribution in [0.15, 0.2) is 45.8 Å². The third kappa shape index (κ3) is 2.48. The van der Waals surface area contributed by atoms with Crippen molar-refractivity contribution in [3.05, 3.63) is 52.4 Å². The van der Waals surface area contributed by atoms with Crippen LogP contribution in [-0.4, -0.2) is 21.3 Å². The summed E-state index contributed by atoms with van der Waals surface area (Å²) in [7, 11) is 4.68. The van der Waals surface area contributed by atoms with Crippen LogP contribution in [0.3, 0.4) is 0 Å². The summed E-state index contributed by atoms with van der Waals surface area (Å²) in [5, 5.41) is 0.407. The zero-order valence-electron chi connectivity index (χ0n) is 14.0. The Morgan fingerprint density at radius 2 is 1.58 bits per heavy atom. The Hall–Kier alpha value is -2.95. The Kier molecular flexibility index (Phi) is 4.16. The Labute approximate surface area is 139 Å². The zero-order valence-corrected chi connectivity index (χ0v) is 14.0. The van der Waals surface area contributed by atoms with Crippen LogP contribution < -0.4 is 19.6 Å². The monoisotopic (exact) mass is 326 g/mol. The Morgan fingerprint density at radius 3 is 2.17 bits per heavy atom. The molecule has 0 atom stereocenters. The predicted molar refractivity (Wildman–Crippen MR) is 92.3 cm³/mol. The summed E-state index contributed by atoms with van der Waals surface area (Å²) in [5.41, 5.74) is 2.29. The van der Waals surface area contributed by atoms with Gasteiger partial charge in [-0.3, -0.25) is 4.79 Å². The van der Waals surface area contributed by atoms with Gasteiger partial charge in [0.1, 0.15) is 34.5 Å². The molecule has 0 aliphatic carbocycles. The number of ether oxygens (including phenoxy) is 3. The maximum atomic E-state index is 13.0. The molecule has 0 unspecified atom stereocenters. The number of aryl methyl sites for hydroxylation is 1. The molecule has 5 nitrogen and oxygen atoms in total. The normalized spacial score (nSPS) is 10.7. The third-order valence-electron chi connectivity index (χ3n) is 4.05. The number of fused-ring (bicyclic) bond motifs is 1. The highest BCUT2D eigenvalue weighted by molar-refractivity contribution is 5.91. The lowest BCUT2D eigenvalue weighted by Crippen LogP contribution is -2.07. The third-order valence-corrected chi connectivity index (χ3v) is 4.05. The van der Waals surface area contributed by atoms with Crippen LogP contribution in [0.1, 0.15) is 5.56 Å². The molecule has 124 valence electrons. The quantitative estimate of drug-likeness (QED) is 0.730. The molecule has 0 N–H and O–H groups in total. The second kappa shape index (κ2) is 6.28. The van der Waals surface area contributed by atoms with Crippen molar-refractivity contribution in [1.82, 2.24) is 0 Å². The summed E-state index contributed by atoms with van der Waals surface area (Å²) in [4.78, 5) is 13.0. The van der Waals surface area contributed by atoms with E-state index in [2.05, 4.69) is 0 Å². The molecule has 3 aromatic rings. The first-order chi connectivity index (χ1) is 11.6. The fourth-order valence-corrected chi connectivity index (χ4v) is 2.72. The smallest absolute Gasteiger partial charge is 0.204 e. The maximum Gasteiger partial charge on any atom is 0.204 e. The zero-order chi connectivity index (χ0) is 17.3. The van der Waals surface area contributed by atoms with Gasteiger partial charge in [0.25, 0.3) is 0 Å². The standard InChI is InChI=1S/C19H18O5/c1-11-15(22-3)9-16(23-4)17-18(20)14(10-24-19(11)17)12-5-7-13(21-2)8-6-12/h5-10H,1-4H3. The highest BCUT2D eigenvalue weighted by Crippen LogP contribution is 2.34. The van der Waals surface area contributed by atoms with Crippen LogP contribution in [0.2, 0.25) is 0 Å². The largest absolute Gasteiger partial charge is 0.497 e. The van der Waals surface area contributed by atoms with Crippen LogP contribution in [0.25, 0.3) is 22.1 Å². The fraction of sp³-hybridized carbons (Fsp3) is 0.211. The van der Waals surface area contributed by atoms with Crippen molar-refractivity contribution in [1.29, 1.82) is 0 Å². The molecule has 5 heteroatoms. The van der Waals surface area contributed by atoms with Gasteiger partial charge in [0.2, 0.25) is 5.43 Å². The molecule has 0 aliphatic heterocycles. The van der Waals surface area contributed by atoms with Gasteiger partial charge in [-0.2, -0.15) is 0 Å². The number of benzene rings is 2. The van der Waals surface area contributed by atoms with E-state index in [9.17, 15) is 4.79 Å². The van der Waals surface area contributed by atoms with E-state index in [4.69, 9.17) is 18.6 Å². The van der Waals surface area contributed by atoms with Crippen molar-refractivity contribution in [3.8, 4) is 28.4 Å². The molecule has 0 radical (unpaired) electrons. The SMILES string of the molecule is COc1ccc(-c2coc3c(C)c(OC)cc(OC)c3c2=O)cc1. The second-order valence-electron chi connectivity index (χ2n) is 5.32. The van der Waals surface area contributed by atoms with Crippen LogP contribution in [0.4, 0.5) is 0 Å². The molecule has 0 aliphatic rings. The van der Waals surface area contributed by atoms with E-state index < -0.39 is 0 Å². The lowest BCUT2D eigenvalue weighted by molar-refractivity contribution is 0.394. The first-order valence-corrected chi connectivity index (χ1v) is 7.42. The molecule has 24 heavy (non-hydrogen) atoms. The van der Waals surface area contributed by atoms with Gasteiger partial charge in [-0.15, -0.1) is 0 Å². The van der Waals surface area contributed by atoms with E-state index in [0.29, 0.717) is 28.0 Å². The summed E-state index contributed by atoms with van der Waals surface area (Å²) in [6.45, 7) is 1.84. The molecular formula is C19H18O5. The summed E-state index contributed by atoms with van der Waals surface area (Å²) in [6.07, 6.45) is 1.47. The first-order valence-electron chi connectivity index (χ1n) is 7.42. The minimum absolute atomic E-state index is 0.149. The van der Waals surface area contributed by atoms with Crippen molar-refractivity contribution in [2.45, 2.75) is 6.92 Å². The van der Waals surface area contributed by atoms with Gasteiger partial charge < -0.3 is 18.6 Å². The molecule has 0 fully saturated rings. The van der Waals surface area contributed by atoms with Crippen molar-refractivity contribution in [2.24, 2.45) is 0 Å². The molecule has 0 saturated carbocycles. The lowest BCUT2D eigenvalue weighted by atomic mass is 10.0. The Bertz CT molecular complexity index is 939. The summed E-state index contributed by atoms with van der Waals surface area (Å²) >= 11 is 0. The number of hydrogen-bond donors (Lipinski definition) is 0. The molecular weight excluding hydrogens is 308 g/mol. The van der Waals surface area contributed by atoms with Crippen LogP contribution >= 0.6 is 0 Å². The van der Waals surface area contributed by atoms with Crippen LogP contribution in [0.5, 0.6) is 17.2 Å². The van der Waals surface area contributed by atoms with Crippen molar-refractivity contribution < 1.29 is 18.6 Å². The van der Waals surface area contributed by atoms with Gasteiger partial charge in [0.15, 0.2) is 0 Å². The Morgan fingerprint density at radius 1 is 0.917 bits per heavy atom. The average molecular weight is 326 g/mol. The summed E-state index contributed by atoms with van der Waals surface area (Å²) in [6, 6.07) is 8.94. The molecule has 0 spiro atoms. The number of methoxy groups -OCH3 is 3. The fourth-order valence-electron chi connectivity index (χ4n) is 2.72. The van der Waals surface area contributed by atoms with E-state index in [1.165, 1.54) is 13.4 Å². The summed E-state index contributed by atoms with van der Waals surface area (Å²) < 4.78 is 21.6. The molecule has 0 amide bonds. The van der Waals surface area contributed by atoms with E-state index in [1.807, 2.05) is 19.1 Å². The highest BCUT2D eigenvalue weighted by Gasteiger charge is 2.18. The highest BCUT2D eigenvalue weighted by atomic mass is 16.5. The van der Waals surface area contributed by atoms with Crippen molar-refractivity contribution in [3.63, 3.8) is 0 Å². The van der Waals surface area contributed by atoms with E-state index in [0.717, 1.165) is 16.9 Å². The molecule has 2 aromatic carbocycles. The van der Waals surface area contributed by atoms with Gasteiger partial charge in [-0.25, -0.2) is 0 Å². The Balaban J connectivity index is 2.29. The minimum Gasteiger partial charge on any atom is -0.497 e. The molecule has 3 rings (SSSR count). The average Bonchev–Trinajstić information content (AvgIpc) is 2.63.